The molecule has 0 aliphatic carbocycles. The number of benzene rings is 2. The molecule has 5 nitrogen and oxygen atoms in total. The molecule has 0 bridgehead atoms. The topological polar surface area (TPSA) is 60.5 Å². The van der Waals surface area contributed by atoms with E-state index in [1.807, 2.05) is 44.2 Å². The second kappa shape index (κ2) is 11.6. The molecule has 1 heterocycles. The first-order chi connectivity index (χ1) is 17.0. The summed E-state index contributed by atoms with van der Waals surface area (Å²) in [6.45, 7) is 4.69. The van der Waals surface area contributed by atoms with Crippen molar-refractivity contribution < 1.29 is 27.4 Å². The molecule has 0 fully saturated rings. The number of alkyl halides is 3. The molecular formula is C27H28ClF3N2O3. The van der Waals surface area contributed by atoms with Crippen LogP contribution >= 0.6 is 11.6 Å². The quantitative estimate of drug-likeness (QED) is 0.315. The highest BCUT2D eigenvalue weighted by Crippen LogP contribution is 2.36. The van der Waals surface area contributed by atoms with Gasteiger partial charge in [0.05, 0.1) is 17.3 Å². The lowest BCUT2D eigenvalue weighted by Crippen LogP contribution is -2.49. The third-order valence-corrected chi connectivity index (χ3v) is 5.61. The minimum absolute atomic E-state index is 0.0922. The van der Waals surface area contributed by atoms with E-state index in [1.165, 1.54) is 24.4 Å². The Morgan fingerprint density at radius 2 is 1.78 bits per heavy atom. The van der Waals surface area contributed by atoms with E-state index in [4.69, 9.17) is 21.1 Å². The van der Waals surface area contributed by atoms with E-state index >= 15 is 0 Å². The van der Waals surface area contributed by atoms with Gasteiger partial charge in [-0.15, -0.1) is 0 Å². The molecule has 1 N–H and O–H groups in total. The standard InChI is InChI=1S/C27H28ClF3N2O3/c1-18(2)17-35-25(34)33-26(15-20-8-5-4-6-9-20,24-13-12-22(28)16-32-24)21-10-7-11-23(14-21)36-27(30,31)19(3)29/h4-14,16,18-19H,15,17H2,1-3H3,(H,33,34)/t19?,26-/m1/s1. The highest BCUT2D eigenvalue weighted by molar-refractivity contribution is 6.30. The van der Waals surface area contributed by atoms with Crippen molar-refractivity contribution in [3.8, 4) is 5.75 Å². The van der Waals surface area contributed by atoms with Crippen LogP contribution in [0.2, 0.25) is 5.02 Å². The molecule has 1 unspecified atom stereocenters. The maximum Gasteiger partial charge on any atom is 0.429 e. The number of hydrogen-bond donors (Lipinski definition) is 1. The van der Waals surface area contributed by atoms with Gasteiger partial charge in [-0.2, -0.15) is 8.78 Å². The summed E-state index contributed by atoms with van der Waals surface area (Å²) in [5, 5.41) is 3.29. The SMILES string of the molecule is CC(C)COC(=O)N[C@](Cc1ccccc1)(c1cccc(OC(F)(F)C(C)F)c1)c1ccc(Cl)cn1. The van der Waals surface area contributed by atoms with Gasteiger partial charge < -0.3 is 14.8 Å². The summed E-state index contributed by atoms with van der Waals surface area (Å²) < 4.78 is 51.6. The zero-order chi connectivity index (χ0) is 26.3. The van der Waals surface area contributed by atoms with Crippen molar-refractivity contribution >= 4 is 17.7 Å². The number of pyridine rings is 1. The number of carbonyl (C=O) groups is 1. The van der Waals surface area contributed by atoms with Crippen LogP contribution in [0, 0.1) is 5.92 Å². The van der Waals surface area contributed by atoms with Gasteiger partial charge in [-0.25, -0.2) is 9.18 Å². The van der Waals surface area contributed by atoms with Crippen molar-refractivity contribution in [3.63, 3.8) is 0 Å². The molecule has 0 aliphatic rings. The fourth-order valence-corrected chi connectivity index (χ4v) is 3.68. The molecular weight excluding hydrogens is 493 g/mol. The Labute approximate surface area is 213 Å². The average Bonchev–Trinajstić information content (AvgIpc) is 2.83. The van der Waals surface area contributed by atoms with Crippen LogP contribution in [0.5, 0.6) is 5.75 Å². The maximum atomic E-state index is 14.0. The van der Waals surface area contributed by atoms with Crippen molar-refractivity contribution in [2.45, 2.75) is 45.0 Å². The van der Waals surface area contributed by atoms with Crippen LogP contribution in [0.1, 0.15) is 37.6 Å². The van der Waals surface area contributed by atoms with E-state index < -0.39 is 23.9 Å². The second-order valence-electron chi connectivity index (χ2n) is 8.85. The van der Waals surface area contributed by atoms with E-state index in [0.29, 0.717) is 23.2 Å². The minimum Gasteiger partial charge on any atom is -0.449 e. The van der Waals surface area contributed by atoms with Gasteiger partial charge in [0.1, 0.15) is 11.3 Å². The highest BCUT2D eigenvalue weighted by atomic mass is 35.5. The zero-order valence-electron chi connectivity index (χ0n) is 20.2. The van der Waals surface area contributed by atoms with E-state index in [9.17, 15) is 18.0 Å². The van der Waals surface area contributed by atoms with Gasteiger partial charge in [0.2, 0.25) is 6.17 Å². The molecule has 9 heteroatoms. The number of hydrogen-bond acceptors (Lipinski definition) is 4. The smallest absolute Gasteiger partial charge is 0.429 e. The minimum atomic E-state index is -4.04. The molecule has 0 radical (unpaired) electrons. The van der Waals surface area contributed by atoms with Gasteiger partial charge >= 0.3 is 12.2 Å². The van der Waals surface area contributed by atoms with Gasteiger partial charge in [-0.05, 0) is 48.2 Å². The number of amides is 1. The summed E-state index contributed by atoms with van der Waals surface area (Å²) in [6, 6.07) is 18.3. The summed E-state index contributed by atoms with van der Waals surface area (Å²) in [5.74, 6) is -0.180. The second-order valence-corrected chi connectivity index (χ2v) is 9.29. The van der Waals surface area contributed by atoms with Gasteiger partial charge in [-0.3, -0.25) is 4.98 Å². The Balaban J connectivity index is 2.16. The highest BCUT2D eigenvalue weighted by Gasteiger charge is 2.42. The van der Waals surface area contributed by atoms with Gasteiger partial charge in [0.25, 0.3) is 0 Å². The summed E-state index contributed by atoms with van der Waals surface area (Å²) in [6.07, 6.45) is -5.67. The molecule has 2 atom stereocenters. The largest absolute Gasteiger partial charge is 0.449 e. The van der Waals surface area contributed by atoms with Crippen LogP contribution in [0.15, 0.2) is 72.9 Å². The van der Waals surface area contributed by atoms with Crippen LogP contribution in [0.4, 0.5) is 18.0 Å². The average molecular weight is 521 g/mol. The summed E-state index contributed by atoms with van der Waals surface area (Å²) in [7, 11) is 0. The number of alkyl carbamates (subject to hydrolysis) is 1. The Kier molecular flexibility index (Phi) is 8.84. The van der Waals surface area contributed by atoms with Crippen LogP contribution in [-0.2, 0) is 16.7 Å². The van der Waals surface area contributed by atoms with Gasteiger partial charge in [0.15, 0.2) is 0 Å². The van der Waals surface area contributed by atoms with Crippen molar-refractivity contribution in [2.24, 2.45) is 5.92 Å². The number of carbonyl (C=O) groups excluding carboxylic acids is 1. The molecule has 0 spiro atoms. The fourth-order valence-electron chi connectivity index (χ4n) is 3.57. The molecule has 1 aromatic heterocycles. The van der Waals surface area contributed by atoms with Crippen LogP contribution in [0.25, 0.3) is 0 Å². The Morgan fingerprint density at radius 1 is 1.06 bits per heavy atom. The van der Waals surface area contributed by atoms with Crippen molar-refractivity contribution in [3.05, 3.63) is 94.8 Å². The van der Waals surface area contributed by atoms with Crippen molar-refractivity contribution in [1.82, 2.24) is 10.3 Å². The van der Waals surface area contributed by atoms with E-state index in [1.54, 1.807) is 18.2 Å². The molecule has 3 aromatic rings. The van der Waals surface area contributed by atoms with Crippen LogP contribution in [0.3, 0.4) is 0 Å². The third-order valence-electron chi connectivity index (χ3n) is 5.38. The summed E-state index contributed by atoms with van der Waals surface area (Å²) >= 11 is 6.07. The molecule has 2 aromatic carbocycles. The lowest BCUT2D eigenvalue weighted by molar-refractivity contribution is -0.215. The lowest BCUT2D eigenvalue weighted by Gasteiger charge is -2.35. The fraction of sp³-hybridized carbons (Fsp3) is 0.333. The molecule has 0 aliphatic heterocycles. The molecule has 3 rings (SSSR count). The van der Waals surface area contributed by atoms with Crippen molar-refractivity contribution in [1.29, 1.82) is 0 Å². The number of rotatable bonds is 10. The van der Waals surface area contributed by atoms with E-state index in [2.05, 4.69) is 10.3 Å². The predicted octanol–water partition coefficient (Wildman–Crippen LogP) is 6.93. The lowest BCUT2D eigenvalue weighted by atomic mass is 9.80. The third kappa shape index (κ3) is 6.91. The summed E-state index contributed by atoms with van der Waals surface area (Å²) in [5.41, 5.74) is 0.227. The van der Waals surface area contributed by atoms with Gasteiger partial charge in [-0.1, -0.05) is 67.9 Å². The Hall–Kier alpha value is -3.26. The first kappa shape index (κ1) is 27.3. The Morgan fingerprint density at radius 3 is 2.39 bits per heavy atom. The van der Waals surface area contributed by atoms with Crippen LogP contribution in [-0.4, -0.2) is 30.0 Å². The van der Waals surface area contributed by atoms with Crippen molar-refractivity contribution in [2.75, 3.05) is 6.61 Å². The zero-order valence-corrected chi connectivity index (χ0v) is 20.9. The molecule has 0 saturated heterocycles. The first-order valence-corrected chi connectivity index (χ1v) is 11.8. The number of nitrogens with zero attached hydrogens (tertiary/aromatic N) is 1. The normalized spacial score (nSPS) is 14.1. The monoisotopic (exact) mass is 520 g/mol. The maximum absolute atomic E-state index is 14.0. The number of ether oxygens (including phenoxy) is 2. The Bertz CT molecular complexity index is 1140. The van der Waals surface area contributed by atoms with Gasteiger partial charge in [0, 0.05) is 12.6 Å². The number of aromatic nitrogens is 1. The number of halogens is 4. The van der Waals surface area contributed by atoms with E-state index in [-0.39, 0.29) is 24.7 Å². The first-order valence-electron chi connectivity index (χ1n) is 11.4. The summed E-state index contributed by atoms with van der Waals surface area (Å²) in [4.78, 5) is 17.4. The molecule has 1 amide bonds. The number of nitrogens with one attached hydrogen (secondary N) is 1. The molecule has 192 valence electrons. The molecule has 36 heavy (non-hydrogen) atoms. The van der Waals surface area contributed by atoms with E-state index in [0.717, 1.165) is 5.56 Å². The predicted molar refractivity (Wildman–Crippen MR) is 132 cm³/mol. The van der Waals surface area contributed by atoms with Crippen LogP contribution < -0.4 is 10.1 Å². The molecule has 0 saturated carbocycles.